The van der Waals surface area contributed by atoms with E-state index in [0.29, 0.717) is 12.1 Å². The van der Waals surface area contributed by atoms with E-state index in [0.717, 1.165) is 0 Å². The Balaban J connectivity index is 2.72. The van der Waals surface area contributed by atoms with Gasteiger partial charge in [-0.1, -0.05) is 77.0 Å². The van der Waals surface area contributed by atoms with Gasteiger partial charge >= 0.3 is 0 Å². The van der Waals surface area contributed by atoms with Crippen molar-refractivity contribution in [3.8, 4) is 0 Å². The summed E-state index contributed by atoms with van der Waals surface area (Å²) in [6, 6.07) is 9.21. The van der Waals surface area contributed by atoms with Crippen LogP contribution >= 0.6 is 0 Å². The fourth-order valence-electron chi connectivity index (χ4n) is 1.88. The molecule has 0 nitrogen and oxygen atoms in total. The minimum atomic E-state index is 0.428. The van der Waals surface area contributed by atoms with Gasteiger partial charge in [0.1, 0.15) is 0 Å². The zero-order valence-corrected chi connectivity index (χ0v) is 11.5. The van der Waals surface area contributed by atoms with Crippen LogP contribution < -0.4 is 5.46 Å². The molecule has 0 aliphatic heterocycles. The van der Waals surface area contributed by atoms with E-state index in [2.05, 4.69) is 58.8 Å². The summed E-state index contributed by atoms with van der Waals surface area (Å²) in [7, 11) is 0. The van der Waals surface area contributed by atoms with Crippen LogP contribution in [0.15, 0.2) is 24.3 Å². The molecule has 0 saturated carbocycles. The Labute approximate surface area is 102 Å². The second-order valence-electron chi connectivity index (χ2n) is 5.75. The minimum absolute atomic E-state index is 0.428. The summed E-state index contributed by atoms with van der Waals surface area (Å²) in [6.45, 7) is 12.2. The molecule has 0 unspecified atom stereocenters. The fraction of sp³-hybridized carbons (Fsp3) is 0.600. The van der Waals surface area contributed by atoms with Crippen molar-refractivity contribution in [2.75, 3.05) is 0 Å². The Morgan fingerprint density at radius 2 is 1.62 bits per heavy atom. The predicted octanol–water partition coefficient (Wildman–Crippen LogP) is 4.02. The van der Waals surface area contributed by atoms with Gasteiger partial charge in [0.25, 0.3) is 0 Å². The zero-order valence-electron chi connectivity index (χ0n) is 11.5. The second-order valence-corrected chi connectivity index (χ2v) is 5.75. The Hall–Kier alpha value is -0.715. The lowest BCUT2D eigenvalue weighted by molar-refractivity contribution is 0.349. The van der Waals surface area contributed by atoms with Crippen molar-refractivity contribution in [3.63, 3.8) is 0 Å². The van der Waals surface area contributed by atoms with Crippen molar-refractivity contribution in [2.45, 2.75) is 53.7 Å². The van der Waals surface area contributed by atoms with Gasteiger partial charge in [0.05, 0.1) is 0 Å². The largest absolute Gasteiger partial charge is 0.172 e. The van der Waals surface area contributed by atoms with E-state index in [-0.39, 0.29) is 0 Å². The van der Waals surface area contributed by atoms with Gasteiger partial charge in [-0.15, -0.1) is 0 Å². The first-order chi connectivity index (χ1) is 7.48. The summed E-state index contributed by atoms with van der Waals surface area (Å²) < 4.78 is 0. The van der Waals surface area contributed by atoms with Crippen molar-refractivity contribution >= 4 is 12.2 Å². The third-order valence-electron chi connectivity index (χ3n) is 3.80. The SMILES string of the molecule is CCB(C)c1ccc(CC(C)(C)CC)cc1. The van der Waals surface area contributed by atoms with Gasteiger partial charge in [-0.3, -0.25) is 0 Å². The summed E-state index contributed by atoms with van der Waals surface area (Å²) in [6.07, 6.45) is 3.64. The van der Waals surface area contributed by atoms with Crippen LogP contribution in [0.1, 0.15) is 39.7 Å². The van der Waals surface area contributed by atoms with E-state index in [4.69, 9.17) is 0 Å². The summed E-state index contributed by atoms with van der Waals surface area (Å²) in [4.78, 5) is 0. The maximum Gasteiger partial charge on any atom is 0.172 e. The molecule has 0 radical (unpaired) electrons. The molecule has 16 heavy (non-hydrogen) atoms. The molecule has 0 heterocycles. The Morgan fingerprint density at radius 1 is 1.06 bits per heavy atom. The van der Waals surface area contributed by atoms with Crippen LogP contribution in [0.2, 0.25) is 13.1 Å². The lowest BCUT2D eigenvalue weighted by atomic mass is 9.45. The van der Waals surface area contributed by atoms with Crippen molar-refractivity contribution < 1.29 is 0 Å². The first-order valence-corrected chi connectivity index (χ1v) is 6.57. The molecule has 0 aliphatic carbocycles. The van der Waals surface area contributed by atoms with E-state index in [9.17, 15) is 0 Å². The Morgan fingerprint density at radius 3 is 2.06 bits per heavy atom. The van der Waals surface area contributed by atoms with Gasteiger partial charge in [-0.05, 0) is 17.4 Å². The summed E-state index contributed by atoms with van der Waals surface area (Å²) >= 11 is 0. The number of rotatable bonds is 5. The molecule has 0 aromatic heterocycles. The van der Waals surface area contributed by atoms with Gasteiger partial charge in [-0.25, -0.2) is 0 Å². The molecule has 0 aliphatic rings. The van der Waals surface area contributed by atoms with Gasteiger partial charge in [0, 0.05) is 0 Å². The topological polar surface area (TPSA) is 0 Å². The zero-order chi connectivity index (χ0) is 12.2. The monoisotopic (exact) mass is 216 g/mol. The molecule has 0 bridgehead atoms. The molecular weight excluding hydrogens is 191 g/mol. The standard InChI is InChI=1S/C15H25B/c1-6-15(3,4)12-13-8-10-14(11-9-13)16(5)7-2/h8-11H,6-7,12H2,1-5H3. The average Bonchev–Trinajstić information content (AvgIpc) is 2.28. The highest BCUT2D eigenvalue weighted by molar-refractivity contribution is 6.71. The number of benzene rings is 1. The Kier molecular flexibility index (Phi) is 4.64. The van der Waals surface area contributed by atoms with E-state index in [1.54, 1.807) is 0 Å². The first kappa shape index (κ1) is 13.4. The minimum Gasteiger partial charge on any atom is -0.0817 e. The molecule has 1 heteroatoms. The predicted molar refractivity (Wildman–Crippen MR) is 76.0 cm³/mol. The summed E-state index contributed by atoms with van der Waals surface area (Å²) in [5.74, 6) is 0. The van der Waals surface area contributed by atoms with Crippen LogP contribution in [0.4, 0.5) is 0 Å². The van der Waals surface area contributed by atoms with Gasteiger partial charge < -0.3 is 0 Å². The van der Waals surface area contributed by atoms with Gasteiger partial charge in [0.2, 0.25) is 0 Å². The van der Waals surface area contributed by atoms with E-state index >= 15 is 0 Å². The van der Waals surface area contributed by atoms with Crippen LogP contribution in [-0.4, -0.2) is 6.71 Å². The highest BCUT2D eigenvalue weighted by Gasteiger charge is 2.15. The van der Waals surface area contributed by atoms with E-state index in [1.807, 2.05) is 0 Å². The van der Waals surface area contributed by atoms with Crippen molar-refractivity contribution in [2.24, 2.45) is 5.41 Å². The van der Waals surface area contributed by atoms with Gasteiger partial charge in [0.15, 0.2) is 6.71 Å². The fourth-order valence-corrected chi connectivity index (χ4v) is 1.88. The maximum absolute atomic E-state index is 2.34. The van der Waals surface area contributed by atoms with Crippen LogP contribution in [0.25, 0.3) is 0 Å². The van der Waals surface area contributed by atoms with E-state index < -0.39 is 0 Å². The van der Waals surface area contributed by atoms with Crippen molar-refractivity contribution in [1.29, 1.82) is 0 Å². The summed E-state index contributed by atoms with van der Waals surface area (Å²) in [5, 5.41) is 0. The van der Waals surface area contributed by atoms with Crippen LogP contribution in [0, 0.1) is 5.41 Å². The number of hydrogen-bond donors (Lipinski definition) is 0. The quantitative estimate of drug-likeness (QED) is 0.652. The molecule has 0 fully saturated rings. The number of hydrogen-bond acceptors (Lipinski definition) is 0. The highest BCUT2D eigenvalue weighted by atomic mass is 14.2. The normalized spacial score (nSPS) is 11.6. The van der Waals surface area contributed by atoms with Crippen molar-refractivity contribution in [1.82, 2.24) is 0 Å². The molecule has 0 spiro atoms. The molecule has 1 aromatic carbocycles. The lowest BCUT2D eigenvalue weighted by Crippen LogP contribution is -2.25. The lowest BCUT2D eigenvalue weighted by Gasteiger charge is -2.22. The maximum atomic E-state index is 2.34. The van der Waals surface area contributed by atoms with E-state index in [1.165, 1.54) is 30.2 Å². The Bertz CT molecular complexity index is 311. The molecule has 1 rings (SSSR count). The van der Waals surface area contributed by atoms with Crippen LogP contribution in [0.3, 0.4) is 0 Å². The van der Waals surface area contributed by atoms with Crippen molar-refractivity contribution in [3.05, 3.63) is 29.8 Å². The molecule has 1 aromatic rings. The third kappa shape index (κ3) is 3.70. The smallest absolute Gasteiger partial charge is 0.0817 e. The molecule has 0 atom stereocenters. The van der Waals surface area contributed by atoms with Crippen LogP contribution in [0.5, 0.6) is 0 Å². The molecule has 88 valence electrons. The molecular formula is C15H25B. The molecule has 0 saturated heterocycles. The van der Waals surface area contributed by atoms with Gasteiger partial charge in [-0.2, -0.15) is 0 Å². The van der Waals surface area contributed by atoms with Crippen LogP contribution in [-0.2, 0) is 6.42 Å². The molecule has 0 amide bonds. The first-order valence-electron chi connectivity index (χ1n) is 6.57. The highest BCUT2D eigenvalue weighted by Crippen LogP contribution is 2.24. The third-order valence-corrected chi connectivity index (χ3v) is 3.80. The second kappa shape index (κ2) is 5.56. The average molecular weight is 216 g/mol. The summed E-state index contributed by atoms with van der Waals surface area (Å²) in [5.41, 5.74) is 3.37. The molecule has 0 N–H and O–H groups in total.